The van der Waals surface area contributed by atoms with Gasteiger partial charge in [-0.2, -0.15) is 0 Å². The highest BCUT2D eigenvalue weighted by Crippen LogP contribution is 2.13. The SMILES string of the molecule is CCNC(=O)CN1CCC(N)C(C)C1. The zero-order chi connectivity index (χ0) is 10.6. The van der Waals surface area contributed by atoms with Gasteiger partial charge in [-0.15, -0.1) is 0 Å². The summed E-state index contributed by atoms with van der Waals surface area (Å²) in [6.45, 7) is 7.20. The van der Waals surface area contributed by atoms with Gasteiger partial charge in [0.2, 0.25) is 5.91 Å². The maximum Gasteiger partial charge on any atom is 0.234 e. The van der Waals surface area contributed by atoms with Crippen molar-refractivity contribution in [1.82, 2.24) is 10.2 Å². The van der Waals surface area contributed by atoms with E-state index in [2.05, 4.69) is 17.1 Å². The molecule has 1 heterocycles. The molecule has 0 aromatic carbocycles. The Morgan fingerprint density at radius 3 is 2.93 bits per heavy atom. The Balaban J connectivity index is 2.29. The fourth-order valence-electron chi connectivity index (χ4n) is 1.85. The molecular formula is C10H21N3O. The maximum atomic E-state index is 11.3. The number of hydrogen-bond donors (Lipinski definition) is 2. The third-order valence-corrected chi connectivity index (χ3v) is 2.80. The number of carbonyl (C=O) groups is 1. The highest BCUT2D eigenvalue weighted by molar-refractivity contribution is 5.77. The lowest BCUT2D eigenvalue weighted by Gasteiger charge is -2.34. The Labute approximate surface area is 85.8 Å². The molecule has 0 aromatic rings. The monoisotopic (exact) mass is 199 g/mol. The average molecular weight is 199 g/mol. The van der Waals surface area contributed by atoms with E-state index in [1.165, 1.54) is 0 Å². The molecule has 0 spiro atoms. The van der Waals surface area contributed by atoms with E-state index in [9.17, 15) is 4.79 Å². The molecule has 14 heavy (non-hydrogen) atoms. The van der Waals surface area contributed by atoms with Gasteiger partial charge in [0.05, 0.1) is 6.54 Å². The van der Waals surface area contributed by atoms with Crippen molar-refractivity contribution in [2.45, 2.75) is 26.3 Å². The van der Waals surface area contributed by atoms with Crippen LogP contribution in [0, 0.1) is 5.92 Å². The summed E-state index contributed by atoms with van der Waals surface area (Å²) in [6, 6.07) is 0.306. The number of rotatable bonds is 3. The van der Waals surface area contributed by atoms with Crippen LogP contribution in [0.25, 0.3) is 0 Å². The van der Waals surface area contributed by atoms with Gasteiger partial charge in [-0.05, 0) is 19.3 Å². The average Bonchev–Trinajstić information content (AvgIpc) is 2.12. The van der Waals surface area contributed by atoms with Crippen LogP contribution in [0.2, 0.25) is 0 Å². The second-order valence-electron chi connectivity index (χ2n) is 4.12. The van der Waals surface area contributed by atoms with Crippen molar-refractivity contribution in [1.29, 1.82) is 0 Å². The van der Waals surface area contributed by atoms with Crippen molar-refractivity contribution in [2.75, 3.05) is 26.2 Å². The molecular weight excluding hydrogens is 178 g/mol. The van der Waals surface area contributed by atoms with Gasteiger partial charge in [-0.1, -0.05) is 6.92 Å². The number of likely N-dealkylation sites (tertiary alicyclic amines) is 1. The molecule has 1 fully saturated rings. The summed E-state index contributed by atoms with van der Waals surface area (Å²) >= 11 is 0. The number of hydrogen-bond acceptors (Lipinski definition) is 3. The van der Waals surface area contributed by atoms with Gasteiger partial charge in [0, 0.05) is 25.7 Å². The molecule has 2 unspecified atom stereocenters. The van der Waals surface area contributed by atoms with Crippen molar-refractivity contribution >= 4 is 5.91 Å². The van der Waals surface area contributed by atoms with Crippen molar-refractivity contribution in [3.05, 3.63) is 0 Å². The molecule has 0 bridgehead atoms. The minimum Gasteiger partial charge on any atom is -0.355 e. The first-order valence-corrected chi connectivity index (χ1v) is 5.38. The second kappa shape index (κ2) is 5.32. The molecule has 0 aliphatic carbocycles. The summed E-state index contributed by atoms with van der Waals surface area (Å²) in [4.78, 5) is 13.5. The maximum absolute atomic E-state index is 11.3. The molecule has 1 amide bonds. The first kappa shape index (κ1) is 11.5. The van der Waals surface area contributed by atoms with Gasteiger partial charge >= 0.3 is 0 Å². The van der Waals surface area contributed by atoms with Gasteiger partial charge < -0.3 is 11.1 Å². The van der Waals surface area contributed by atoms with E-state index in [-0.39, 0.29) is 5.91 Å². The Morgan fingerprint density at radius 2 is 2.36 bits per heavy atom. The lowest BCUT2D eigenvalue weighted by atomic mass is 9.95. The van der Waals surface area contributed by atoms with E-state index in [1.54, 1.807) is 0 Å². The van der Waals surface area contributed by atoms with E-state index in [0.717, 1.165) is 19.5 Å². The molecule has 0 aromatic heterocycles. The van der Waals surface area contributed by atoms with E-state index in [1.807, 2.05) is 6.92 Å². The van der Waals surface area contributed by atoms with Crippen LogP contribution in [0.4, 0.5) is 0 Å². The first-order chi connectivity index (χ1) is 6.63. The van der Waals surface area contributed by atoms with E-state index >= 15 is 0 Å². The topological polar surface area (TPSA) is 58.4 Å². The Bertz CT molecular complexity index is 196. The van der Waals surface area contributed by atoms with Crippen molar-refractivity contribution in [3.63, 3.8) is 0 Å². The largest absolute Gasteiger partial charge is 0.355 e. The van der Waals surface area contributed by atoms with Crippen LogP contribution in [-0.2, 0) is 4.79 Å². The number of carbonyl (C=O) groups excluding carboxylic acids is 1. The fraction of sp³-hybridized carbons (Fsp3) is 0.900. The van der Waals surface area contributed by atoms with Crippen LogP contribution in [0.15, 0.2) is 0 Å². The predicted molar refractivity (Wildman–Crippen MR) is 56.9 cm³/mol. The van der Waals surface area contributed by atoms with Crippen LogP contribution in [0.3, 0.4) is 0 Å². The smallest absolute Gasteiger partial charge is 0.234 e. The van der Waals surface area contributed by atoms with Gasteiger partial charge in [-0.3, -0.25) is 9.69 Å². The standard InChI is InChI=1S/C10H21N3O/c1-3-12-10(14)7-13-5-4-9(11)8(2)6-13/h8-9H,3-7,11H2,1-2H3,(H,12,14). The van der Waals surface area contributed by atoms with Crippen LogP contribution in [-0.4, -0.2) is 43.0 Å². The highest BCUT2D eigenvalue weighted by atomic mass is 16.2. The van der Waals surface area contributed by atoms with Crippen LogP contribution in [0.1, 0.15) is 20.3 Å². The second-order valence-corrected chi connectivity index (χ2v) is 4.12. The summed E-state index contributed by atoms with van der Waals surface area (Å²) in [6.07, 6.45) is 1.00. The van der Waals surface area contributed by atoms with Crippen LogP contribution >= 0.6 is 0 Å². The zero-order valence-corrected chi connectivity index (χ0v) is 9.12. The Hall–Kier alpha value is -0.610. The van der Waals surface area contributed by atoms with E-state index < -0.39 is 0 Å². The summed E-state index contributed by atoms with van der Waals surface area (Å²) < 4.78 is 0. The molecule has 1 aliphatic heterocycles. The highest BCUT2D eigenvalue weighted by Gasteiger charge is 2.23. The summed E-state index contributed by atoms with van der Waals surface area (Å²) in [7, 11) is 0. The van der Waals surface area contributed by atoms with Gasteiger partial charge in [0.15, 0.2) is 0 Å². The molecule has 0 saturated carbocycles. The zero-order valence-electron chi connectivity index (χ0n) is 9.12. The minimum absolute atomic E-state index is 0.121. The van der Waals surface area contributed by atoms with Crippen molar-refractivity contribution < 1.29 is 4.79 Å². The van der Waals surface area contributed by atoms with E-state index in [0.29, 0.717) is 25.0 Å². The third-order valence-electron chi connectivity index (χ3n) is 2.80. The summed E-state index contributed by atoms with van der Waals surface area (Å²) in [5.41, 5.74) is 5.90. The number of nitrogens with two attached hydrogens (primary N) is 1. The molecule has 1 aliphatic rings. The molecule has 4 heteroatoms. The minimum atomic E-state index is 0.121. The number of piperidine rings is 1. The fourth-order valence-corrected chi connectivity index (χ4v) is 1.85. The summed E-state index contributed by atoms with van der Waals surface area (Å²) in [5, 5.41) is 2.81. The normalized spacial score (nSPS) is 28.8. The predicted octanol–water partition coefficient (Wildman–Crippen LogP) is -0.208. The molecule has 0 radical (unpaired) electrons. The lowest BCUT2D eigenvalue weighted by Crippen LogP contribution is -2.48. The van der Waals surface area contributed by atoms with Crippen LogP contribution < -0.4 is 11.1 Å². The summed E-state index contributed by atoms with van der Waals surface area (Å²) in [5.74, 6) is 0.619. The third kappa shape index (κ3) is 3.27. The number of amides is 1. The van der Waals surface area contributed by atoms with Gasteiger partial charge in [-0.25, -0.2) is 0 Å². The van der Waals surface area contributed by atoms with E-state index in [4.69, 9.17) is 5.73 Å². The first-order valence-electron chi connectivity index (χ1n) is 5.38. The lowest BCUT2D eigenvalue weighted by molar-refractivity contribution is -0.122. The number of likely N-dealkylation sites (N-methyl/N-ethyl adjacent to an activating group) is 1. The molecule has 1 saturated heterocycles. The van der Waals surface area contributed by atoms with Crippen molar-refractivity contribution in [3.8, 4) is 0 Å². The Morgan fingerprint density at radius 1 is 1.64 bits per heavy atom. The molecule has 3 N–H and O–H groups in total. The Kier molecular flexibility index (Phi) is 4.35. The molecule has 2 atom stereocenters. The quantitative estimate of drug-likeness (QED) is 0.661. The van der Waals surface area contributed by atoms with Crippen molar-refractivity contribution in [2.24, 2.45) is 11.7 Å². The van der Waals surface area contributed by atoms with Gasteiger partial charge in [0.1, 0.15) is 0 Å². The number of nitrogens with zero attached hydrogens (tertiary/aromatic N) is 1. The van der Waals surface area contributed by atoms with Crippen LogP contribution in [0.5, 0.6) is 0 Å². The number of nitrogens with one attached hydrogen (secondary N) is 1. The molecule has 4 nitrogen and oxygen atoms in total. The molecule has 1 rings (SSSR count). The molecule has 82 valence electrons. The van der Waals surface area contributed by atoms with Gasteiger partial charge in [0.25, 0.3) is 0 Å².